The van der Waals surface area contributed by atoms with Crippen molar-refractivity contribution < 1.29 is 0 Å². The highest BCUT2D eigenvalue weighted by molar-refractivity contribution is 7.99. The van der Waals surface area contributed by atoms with Crippen LogP contribution in [0.25, 0.3) is 10.2 Å². The van der Waals surface area contributed by atoms with Crippen LogP contribution >= 0.6 is 46.3 Å². The van der Waals surface area contributed by atoms with Gasteiger partial charge in [0.1, 0.15) is 20.5 Å². The van der Waals surface area contributed by atoms with Gasteiger partial charge in [0.2, 0.25) is 0 Å². The fourth-order valence-corrected chi connectivity index (χ4v) is 5.89. The first kappa shape index (κ1) is 12.7. The van der Waals surface area contributed by atoms with E-state index in [9.17, 15) is 0 Å². The summed E-state index contributed by atoms with van der Waals surface area (Å²) >= 11 is 15.8. The van der Waals surface area contributed by atoms with E-state index in [0.29, 0.717) is 5.92 Å². The highest BCUT2D eigenvalue weighted by Crippen LogP contribution is 2.55. The van der Waals surface area contributed by atoms with Crippen LogP contribution in [0.15, 0.2) is 11.4 Å². The second kappa shape index (κ2) is 4.48. The Hall–Kier alpha value is -0.0300. The molecule has 2 aromatic heterocycles. The molecule has 0 spiro atoms. The molecule has 2 aliphatic rings. The standard InChI is InChI=1S/C13H12Cl2N2S2/c14-13(15)4-7(13)5-18-11-10-8-2-1-3-9(8)19-12(10)17-6-16-11/h6-7H,1-5H2/t7-/m1/s1. The molecule has 0 aliphatic heterocycles. The van der Waals surface area contributed by atoms with Crippen LogP contribution in [0, 0.1) is 5.92 Å². The summed E-state index contributed by atoms with van der Waals surface area (Å²) in [6, 6.07) is 0. The molecule has 6 heteroatoms. The Morgan fingerprint density at radius 1 is 1.37 bits per heavy atom. The van der Waals surface area contributed by atoms with Gasteiger partial charge in [-0.05, 0) is 31.2 Å². The lowest BCUT2D eigenvalue weighted by Crippen LogP contribution is -1.94. The first-order valence-electron chi connectivity index (χ1n) is 6.41. The van der Waals surface area contributed by atoms with Crippen LogP contribution in [0.3, 0.4) is 0 Å². The zero-order valence-electron chi connectivity index (χ0n) is 10.2. The molecule has 19 heavy (non-hydrogen) atoms. The summed E-state index contributed by atoms with van der Waals surface area (Å²) < 4.78 is -0.490. The maximum absolute atomic E-state index is 6.09. The second-order valence-corrected chi connectivity index (χ2v) is 8.82. The Morgan fingerprint density at radius 3 is 3.00 bits per heavy atom. The molecule has 2 heterocycles. The molecule has 0 unspecified atom stereocenters. The minimum Gasteiger partial charge on any atom is -0.229 e. The highest BCUT2D eigenvalue weighted by atomic mass is 35.5. The van der Waals surface area contributed by atoms with E-state index in [1.807, 2.05) is 11.3 Å². The summed E-state index contributed by atoms with van der Waals surface area (Å²) in [5.74, 6) is 1.35. The molecule has 0 radical (unpaired) electrons. The fourth-order valence-electron chi connectivity index (χ4n) is 2.64. The SMILES string of the molecule is ClC1(Cl)C[C@@H]1CSc1ncnc2sc3c(c12)CCC3. The molecular weight excluding hydrogens is 319 g/mol. The number of hydrogen-bond donors (Lipinski definition) is 0. The summed E-state index contributed by atoms with van der Waals surface area (Å²) in [6.45, 7) is 0. The second-order valence-electron chi connectivity index (χ2n) is 5.19. The van der Waals surface area contributed by atoms with E-state index in [1.54, 1.807) is 18.1 Å². The largest absolute Gasteiger partial charge is 0.229 e. The summed E-state index contributed by atoms with van der Waals surface area (Å²) in [5.41, 5.74) is 1.49. The van der Waals surface area contributed by atoms with Crippen molar-refractivity contribution in [1.82, 2.24) is 9.97 Å². The summed E-state index contributed by atoms with van der Waals surface area (Å²) in [6.07, 6.45) is 6.23. The van der Waals surface area contributed by atoms with Crippen LogP contribution in [-0.4, -0.2) is 20.1 Å². The predicted molar refractivity (Wildman–Crippen MR) is 82.7 cm³/mol. The van der Waals surface area contributed by atoms with Gasteiger partial charge in [0.25, 0.3) is 0 Å². The average molecular weight is 331 g/mol. The topological polar surface area (TPSA) is 25.8 Å². The van der Waals surface area contributed by atoms with E-state index in [4.69, 9.17) is 23.2 Å². The lowest BCUT2D eigenvalue weighted by Gasteiger charge is -2.03. The molecule has 0 N–H and O–H groups in total. The number of aromatic nitrogens is 2. The van der Waals surface area contributed by atoms with Gasteiger partial charge in [-0.15, -0.1) is 46.3 Å². The number of nitrogens with zero attached hydrogens (tertiary/aromatic N) is 2. The van der Waals surface area contributed by atoms with E-state index in [2.05, 4.69) is 9.97 Å². The van der Waals surface area contributed by atoms with Gasteiger partial charge in [0.15, 0.2) is 0 Å². The lowest BCUT2D eigenvalue weighted by molar-refractivity contribution is 0.915. The number of thioether (sulfide) groups is 1. The summed E-state index contributed by atoms with van der Waals surface area (Å²) in [4.78, 5) is 11.5. The number of aryl methyl sites for hydroxylation is 2. The Bertz CT molecular complexity index is 653. The van der Waals surface area contributed by atoms with Gasteiger partial charge >= 0.3 is 0 Å². The van der Waals surface area contributed by atoms with Crippen molar-refractivity contribution in [2.45, 2.75) is 35.0 Å². The molecule has 1 saturated carbocycles. The number of hydrogen-bond acceptors (Lipinski definition) is 4. The van der Waals surface area contributed by atoms with Crippen molar-refractivity contribution in [1.29, 1.82) is 0 Å². The molecule has 100 valence electrons. The third-order valence-corrected chi connectivity index (χ3v) is 7.12. The number of fused-ring (bicyclic) bond motifs is 3. The molecular formula is C13H12Cl2N2S2. The minimum absolute atomic E-state index is 0.400. The van der Waals surface area contributed by atoms with Gasteiger partial charge in [-0.2, -0.15) is 0 Å². The number of halogens is 2. The molecule has 0 bridgehead atoms. The molecule has 2 nitrogen and oxygen atoms in total. The van der Waals surface area contributed by atoms with E-state index in [0.717, 1.165) is 22.0 Å². The number of thiophene rings is 1. The first-order chi connectivity index (χ1) is 9.15. The van der Waals surface area contributed by atoms with Gasteiger partial charge in [-0.25, -0.2) is 9.97 Å². The van der Waals surface area contributed by atoms with Crippen molar-refractivity contribution in [3.63, 3.8) is 0 Å². The molecule has 1 fully saturated rings. The van der Waals surface area contributed by atoms with Crippen LogP contribution in [0.5, 0.6) is 0 Å². The number of rotatable bonds is 3. The predicted octanol–water partition coefficient (Wildman–Crippen LogP) is 4.47. The van der Waals surface area contributed by atoms with Crippen molar-refractivity contribution in [3.05, 3.63) is 16.8 Å². The van der Waals surface area contributed by atoms with Gasteiger partial charge in [-0.3, -0.25) is 0 Å². The van der Waals surface area contributed by atoms with Gasteiger partial charge in [-0.1, -0.05) is 0 Å². The smallest absolute Gasteiger partial charge is 0.128 e. The molecule has 4 rings (SSSR count). The highest BCUT2D eigenvalue weighted by Gasteiger charge is 2.51. The molecule has 1 atom stereocenters. The fraction of sp³-hybridized carbons (Fsp3) is 0.538. The lowest BCUT2D eigenvalue weighted by atomic mass is 10.2. The number of alkyl halides is 2. The van der Waals surface area contributed by atoms with Crippen LogP contribution in [0.4, 0.5) is 0 Å². The van der Waals surface area contributed by atoms with Crippen molar-refractivity contribution >= 4 is 56.5 Å². The van der Waals surface area contributed by atoms with Gasteiger partial charge in [0.05, 0.1) is 0 Å². The van der Waals surface area contributed by atoms with E-state index in [-0.39, 0.29) is 0 Å². The van der Waals surface area contributed by atoms with Crippen LogP contribution in [0.2, 0.25) is 0 Å². The van der Waals surface area contributed by atoms with Crippen LogP contribution in [0.1, 0.15) is 23.3 Å². The third kappa shape index (κ3) is 2.17. The zero-order valence-corrected chi connectivity index (χ0v) is 13.3. The van der Waals surface area contributed by atoms with E-state index >= 15 is 0 Å². The average Bonchev–Trinajstić information content (AvgIpc) is 2.76. The zero-order chi connectivity index (χ0) is 13.0. The maximum Gasteiger partial charge on any atom is 0.128 e. The third-order valence-electron chi connectivity index (χ3n) is 3.84. The Morgan fingerprint density at radius 2 is 2.21 bits per heavy atom. The quantitative estimate of drug-likeness (QED) is 0.472. The van der Waals surface area contributed by atoms with Crippen molar-refractivity contribution in [3.8, 4) is 0 Å². The molecule has 2 aliphatic carbocycles. The Labute approximate surface area is 129 Å². The van der Waals surface area contributed by atoms with E-state index < -0.39 is 4.33 Å². The molecule has 2 aromatic rings. The Balaban J connectivity index is 1.66. The van der Waals surface area contributed by atoms with Crippen LogP contribution < -0.4 is 0 Å². The molecule has 0 aromatic carbocycles. The normalized spacial score (nSPS) is 23.8. The maximum atomic E-state index is 6.09. The van der Waals surface area contributed by atoms with Gasteiger partial charge < -0.3 is 0 Å². The summed E-state index contributed by atoms with van der Waals surface area (Å²) in [7, 11) is 0. The first-order valence-corrected chi connectivity index (χ1v) is 8.97. The van der Waals surface area contributed by atoms with Crippen molar-refractivity contribution in [2.24, 2.45) is 5.92 Å². The van der Waals surface area contributed by atoms with Crippen molar-refractivity contribution in [2.75, 3.05) is 5.75 Å². The van der Waals surface area contributed by atoms with Crippen LogP contribution in [-0.2, 0) is 12.8 Å². The minimum atomic E-state index is -0.490. The molecule has 0 amide bonds. The molecule has 0 saturated heterocycles. The monoisotopic (exact) mass is 330 g/mol. The summed E-state index contributed by atoms with van der Waals surface area (Å²) in [5, 5.41) is 2.40. The van der Waals surface area contributed by atoms with E-state index in [1.165, 1.54) is 35.1 Å². The van der Waals surface area contributed by atoms with Gasteiger partial charge in [0, 0.05) is 21.9 Å². The Kier molecular flexibility index (Phi) is 3.00.